The van der Waals surface area contributed by atoms with Crippen molar-refractivity contribution in [1.82, 2.24) is 0 Å². The third-order valence-electron chi connectivity index (χ3n) is 4.39. The summed E-state index contributed by atoms with van der Waals surface area (Å²) in [4.78, 5) is 69.4. The minimum Gasteiger partial charge on any atom is -0.467 e. The second-order valence-corrected chi connectivity index (χ2v) is 6.89. The number of nitrogens with zero attached hydrogens (tertiary/aromatic N) is 1. The number of nitro groups is 1. The van der Waals surface area contributed by atoms with E-state index in [1.807, 2.05) is 0 Å². The van der Waals surface area contributed by atoms with Gasteiger partial charge in [-0.1, -0.05) is 0 Å². The summed E-state index contributed by atoms with van der Waals surface area (Å²) in [6.45, 7) is 3.02. The van der Waals surface area contributed by atoms with Gasteiger partial charge < -0.3 is 28.4 Å². The van der Waals surface area contributed by atoms with Gasteiger partial charge in [0.1, 0.15) is 6.29 Å². The number of hydrogen-bond acceptors (Lipinski definition) is 13. The van der Waals surface area contributed by atoms with Crippen LogP contribution >= 0.6 is 0 Å². The Balaban J connectivity index is 2.62. The number of carbonyl (C=O) groups is 5. The fourth-order valence-corrected chi connectivity index (χ4v) is 3.15. The smallest absolute Gasteiger partial charge is 0.339 e. The predicted molar refractivity (Wildman–Crippen MR) is 106 cm³/mol. The topological polar surface area (TPSA) is 184 Å². The van der Waals surface area contributed by atoms with Gasteiger partial charge in [0.05, 0.1) is 12.0 Å². The van der Waals surface area contributed by atoms with Crippen LogP contribution < -0.4 is 4.74 Å². The summed E-state index contributed by atoms with van der Waals surface area (Å²) in [5.74, 6) is -4.26. The zero-order valence-corrected chi connectivity index (χ0v) is 18.5. The van der Waals surface area contributed by atoms with Gasteiger partial charge in [-0.2, -0.15) is 0 Å². The van der Waals surface area contributed by atoms with E-state index in [2.05, 4.69) is 4.74 Å². The van der Waals surface area contributed by atoms with Crippen LogP contribution in [0.5, 0.6) is 5.75 Å². The molecule has 0 unspecified atom stereocenters. The highest BCUT2D eigenvalue weighted by Crippen LogP contribution is 2.34. The molecule has 1 aliphatic rings. The van der Waals surface area contributed by atoms with Crippen LogP contribution in [0.4, 0.5) is 5.69 Å². The van der Waals surface area contributed by atoms with Crippen molar-refractivity contribution < 1.29 is 57.3 Å². The molecule has 14 nitrogen and oxygen atoms in total. The van der Waals surface area contributed by atoms with Gasteiger partial charge in [-0.05, 0) is 12.1 Å². The Bertz CT molecular complexity index is 991. The second-order valence-electron chi connectivity index (χ2n) is 6.89. The number of nitro benzene ring substituents is 1. The van der Waals surface area contributed by atoms with Crippen LogP contribution in [0.1, 0.15) is 31.1 Å². The normalized spacial score (nSPS) is 23.7. The number of esters is 4. The molecule has 1 aliphatic heterocycles. The van der Waals surface area contributed by atoms with E-state index in [0.29, 0.717) is 6.29 Å². The number of hydrogen-bond donors (Lipinski definition) is 0. The summed E-state index contributed by atoms with van der Waals surface area (Å²) in [7, 11) is 1.00. The minimum atomic E-state index is -1.80. The zero-order valence-electron chi connectivity index (χ0n) is 18.5. The summed E-state index contributed by atoms with van der Waals surface area (Å²) in [6.07, 6.45) is -8.08. The highest BCUT2D eigenvalue weighted by molar-refractivity contribution is 5.78. The standard InChI is InChI=1S/C20H21NO13/c1-9(23)30-15-16(31-10(2)24)18(32-11(3)25)20(34-17(15)19(26)29-4)33-14-7-12(8-22)5-6-13(14)21(27)28/h5-8,15-18,20H,1-4H3/t15-,16-,17-,18+,20+/m0/s1. The minimum absolute atomic E-state index is 0.000658. The average molecular weight is 483 g/mol. The van der Waals surface area contributed by atoms with Crippen LogP contribution in [0.2, 0.25) is 0 Å². The molecule has 1 fully saturated rings. The van der Waals surface area contributed by atoms with E-state index in [-0.39, 0.29) is 5.56 Å². The van der Waals surface area contributed by atoms with Gasteiger partial charge in [0.15, 0.2) is 18.3 Å². The van der Waals surface area contributed by atoms with Gasteiger partial charge in [-0.15, -0.1) is 0 Å². The summed E-state index contributed by atoms with van der Waals surface area (Å²) >= 11 is 0. The van der Waals surface area contributed by atoms with Gasteiger partial charge >= 0.3 is 29.6 Å². The molecular weight excluding hydrogens is 462 g/mol. The number of rotatable bonds is 8. The van der Waals surface area contributed by atoms with Crippen molar-refractivity contribution in [1.29, 1.82) is 0 Å². The van der Waals surface area contributed by atoms with Crippen LogP contribution in [0.15, 0.2) is 18.2 Å². The molecule has 0 spiro atoms. The molecule has 0 saturated carbocycles. The van der Waals surface area contributed by atoms with Crippen molar-refractivity contribution in [3.05, 3.63) is 33.9 Å². The highest BCUT2D eigenvalue weighted by atomic mass is 16.7. The molecule has 1 aromatic carbocycles. The van der Waals surface area contributed by atoms with Crippen LogP contribution in [0.3, 0.4) is 0 Å². The van der Waals surface area contributed by atoms with Crippen molar-refractivity contribution in [3.8, 4) is 5.75 Å². The number of methoxy groups -OCH3 is 1. The molecule has 0 aromatic heterocycles. The van der Waals surface area contributed by atoms with Crippen molar-refractivity contribution >= 4 is 35.9 Å². The third kappa shape index (κ3) is 6.25. The van der Waals surface area contributed by atoms with E-state index in [4.69, 9.17) is 23.7 Å². The largest absolute Gasteiger partial charge is 0.467 e. The maximum atomic E-state index is 12.4. The molecule has 34 heavy (non-hydrogen) atoms. The Hall–Kier alpha value is -4.07. The zero-order chi connectivity index (χ0) is 25.6. The molecule has 1 heterocycles. The fraction of sp³-hybridized carbons (Fsp3) is 0.450. The van der Waals surface area contributed by atoms with Crippen molar-refractivity contribution in [2.75, 3.05) is 7.11 Å². The molecule has 0 N–H and O–H groups in total. The lowest BCUT2D eigenvalue weighted by Crippen LogP contribution is -2.64. The van der Waals surface area contributed by atoms with E-state index in [1.54, 1.807) is 0 Å². The van der Waals surface area contributed by atoms with E-state index in [1.165, 1.54) is 6.07 Å². The van der Waals surface area contributed by atoms with Crippen molar-refractivity contribution in [2.24, 2.45) is 0 Å². The molecule has 0 amide bonds. The van der Waals surface area contributed by atoms with Gasteiger partial charge in [0, 0.05) is 32.4 Å². The van der Waals surface area contributed by atoms with Crippen LogP contribution in [0.25, 0.3) is 0 Å². The summed E-state index contributed by atoms with van der Waals surface area (Å²) in [6, 6.07) is 3.18. The predicted octanol–water partition coefficient (Wildman–Crippen LogP) is 0.479. The van der Waals surface area contributed by atoms with Gasteiger partial charge in [-0.3, -0.25) is 29.3 Å². The first-order valence-corrected chi connectivity index (χ1v) is 9.63. The first kappa shape index (κ1) is 26.2. The summed E-state index contributed by atoms with van der Waals surface area (Å²) in [5.41, 5.74) is -0.587. The lowest BCUT2D eigenvalue weighted by atomic mass is 9.97. The summed E-state index contributed by atoms with van der Waals surface area (Å²) in [5, 5.41) is 11.4. The Kier molecular flexibility index (Phi) is 8.61. The first-order valence-electron chi connectivity index (χ1n) is 9.63. The molecular formula is C20H21NO13. The Morgan fingerprint density at radius 1 is 0.971 bits per heavy atom. The second kappa shape index (κ2) is 11.2. The van der Waals surface area contributed by atoms with E-state index in [0.717, 1.165) is 40.0 Å². The van der Waals surface area contributed by atoms with Crippen molar-refractivity contribution in [2.45, 2.75) is 51.5 Å². The molecule has 184 valence electrons. The van der Waals surface area contributed by atoms with Gasteiger partial charge in [0.25, 0.3) is 0 Å². The molecule has 0 radical (unpaired) electrons. The Morgan fingerprint density at radius 2 is 1.53 bits per heavy atom. The summed E-state index contributed by atoms with van der Waals surface area (Å²) < 4.78 is 31.2. The van der Waals surface area contributed by atoms with Crippen LogP contribution in [0, 0.1) is 10.1 Å². The van der Waals surface area contributed by atoms with Gasteiger partial charge in [-0.25, -0.2) is 4.79 Å². The van der Waals surface area contributed by atoms with E-state index < -0.39 is 70.9 Å². The number of ether oxygens (including phenoxy) is 6. The van der Waals surface area contributed by atoms with Crippen LogP contribution in [-0.2, 0) is 42.9 Å². The SMILES string of the molecule is COC(=O)[C@H]1O[C@@H](Oc2cc(C=O)ccc2[N+](=O)[O-])[C@H](OC(C)=O)[C@@H](OC(C)=O)[C@@H]1OC(C)=O. The van der Waals surface area contributed by atoms with Crippen LogP contribution in [-0.4, -0.2) is 72.9 Å². The van der Waals surface area contributed by atoms with E-state index >= 15 is 0 Å². The Morgan fingerprint density at radius 3 is 2.03 bits per heavy atom. The molecule has 2 rings (SSSR count). The monoisotopic (exact) mass is 483 g/mol. The van der Waals surface area contributed by atoms with Crippen molar-refractivity contribution in [3.63, 3.8) is 0 Å². The molecule has 14 heteroatoms. The van der Waals surface area contributed by atoms with E-state index in [9.17, 15) is 34.1 Å². The van der Waals surface area contributed by atoms with Gasteiger partial charge in [0.2, 0.25) is 18.1 Å². The molecule has 1 aromatic rings. The maximum absolute atomic E-state index is 12.4. The average Bonchev–Trinajstić information content (AvgIpc) is 2.75. The fourth-order valence-electron chi connectivity index (χ4n) is 3.15. The Labute approximate surface area is 192 Å². The molecule has 1 saturated heterocycles. The first-order chi connectivity index (χ1) is 16.0. The molecule has 0 aliphatic carbocycles. The quantitative estimate of drug-likeness (QED) is 0.164. The lowest BCUT2D eigenvalue weighted by Gasteiger charge is -2.42. The number of benzene rings is 1. The number of aldehydes is 1. The highest BCUT2D eigenvalue weighted by Gasteiger charge is 2.56. The third-order valence-corrected chi connectivity index (χ3v) is 4.39. The maximum Gasteiger partial charge on any atom is 0.339 e. The molecule has 0 bridgehead atoms. The lowest BCUT2D eigenvalue weighted by molar-refractivity contribution is -0.387. The molecule has 5 atom stereocenters. The number of carbonyl (C=O) groups excluding carboxylic acids is 5.